The maximum absolute atomic E-state index is 11.9. The molecule has 1 aliphatic rings. The molecule has 0 radical (unpaired) electrons. The molecular formula is C14H11ClN4O2. The fraction of sp³-hybridized carbons (Fsp3) is 0.0714. The van der Waals surface area contributed by atoms with Crippen LogP contribution in [-0.4, -0.2) is 28.7 Å². The monoisotopic (exact) mass is 302 g/mol. The highest BCUT2D eigenvalue weighted by atomic mass is 35.5. The Bertz CT molecular complexity index is 776. The van der Waals surface area contributed by atoms with Crippen LogP contribution in [0.2, 0.25) is 5.02 Å². The van der Waals surface area contributed by atoms with Crippen molar-refractivity contribution in [2.45, 2.75) is 0 Å². The molecule has 1 aliphatic heterocycles. The van der Waals surface area contributed by atoms with Gasteiger partial charge in [-0.15, -0.1) is 0 Å². The number of halogens is 1. The Balaban J connectivity index is 1.95. The molecule has 0 atom stereocenters. The smallest absolute Gasteiger partial charge is 0.261 e. The SMILES string of the molecule is CN1C(=O)c2ccc(Nc3ncc(N)cc3Cl)cc2C1=O. The van der Waals surface area contributed by atoms with Gasteiger partial charge in [-0.25, -0.2) is 4.98 Å². The highest BCUT2D eigenvalue weighted by Gasteiger charge is 2.32. The van der Waals surface area contributed by atoms with Crippen molar-refractivity contribution in [1.82, 2.24) is 9.88 Å². The quantitative estimate of drug-likeness (QED) is 0.831. The lowest BCUT2D eigenvalue weighted by Gasteiger charge is -2.08. The average Bonchev–Trinajstić information content (AvgIpc) is 2.67. The van der Waals surface area contributed by atoms with E-state index in [0.717, 1.165) is 4.90 Å². The molecule has 2 heterocycles. The molecule has 0 saturated heterocycles. The normalized spacial score (nSPS) is 13.5. The first-order valence-electron chi connectivity index (χ1n) is 6.12. The van der Waals surface area contributed by atoms with E-state index >= 15 is 0 Å². The summed E-state index contributed by atoms with van der Waals surface area (Å²) in [5.41, 5.74) is 7.41. The average molecular weight is 303 g/mol. The lowest BCUT2D eigenvalue weighted by Crippen LogP contribution is -2.24. The van der Waals surface area contributed by atoms with Gasteiger partial charge in [-0.05, 0) is 24.3 Å². The summed E-state index contributed by atoms with van der Waals surface area (Å²) >= 11 is 6.04. The zero-order valence-corrected chi connectivity index (χ0v) is 11.8. The van der Waals surface area contributed by atoms with Gasteiger partial charge in [0.05, 0.1) is 28.0 Å². The zero-order chi connectivity index (χ0) is 15.1. The van der Waals surface area contributed by atoms with Crippen molar-refractivity contribution in [3.63, 3.8) is 0 Å². The minimum Gasteiger partial charge on any atom is -0.397 e. The Hall–Kier alpha value is -2.60. The number of rotatable bonds is 2. The van der Waals surface area contributed by atoms with Crippen LogP contribution < -0.4 is 11.1 Å². The van der Waals surface area contributed by atoms with Crippen LogP contribution in [0.5, 0.6) is 0 Å². The summed E-state index contributed by atoms with van der Waals surface area (Å²) in [6.45, 7) is 0. The number of aromatic nitrogens is 1. The lowest BCUT2D eigenvalue weighted by molar-refractivity contribution is 0.0693. The summed E-state index contributed by atoms with van der Waals surface area (Å²) in [4.78, 5) is 28.9. The Morgan fingerprint density at radius 3 is 2.62 bits per heavy atom. The van der Waals surface area contributed by atoms with Crippen LogP contribution in [0, 0.1) is 0 Å². The van der Waals surface area contributed by atoms with Crippen molar-refractivity contribution >= 4 is 40.6 Å². The molecule has 106 valence electrons. The van der Waals surface area contributed by atoms with Gasteiger partial charge in [0, 0.05) is 12.7 Å². The number of carbonyl (C=O) groups is 2. The molecule has 0 saturated carbocycles. The molecule has 0 unspecified atom stereocenters. The van der Waals surface area contributed by atoms with Gasteiger partial charge in [0.25, 0.3) is 11.8 Å². The maximum atomic E-state index is 11.9. The largest absolute Gasteiger partial charge is 0.397 e. The Kier molecular flexibility index (Phi) is 3.03. The molecule has 0 aliphatic carbocycles. The molecule has 3 rings (SSSR count). The number of hydrogen-bond acceptors (Lipinski definition) is 5. The standard InChI is InChI=1S/C14H11ClN4O2/c1-19-13(20)9-3-2-8(5-10(9)14(19)21)18-12-11(15)4-7(16)6-17-12/h2-6H,16H2,1H3,(H,17,18). The third-order valence-corrected chi connectivity index (χ3v) is 3.50. The maximum Gasteiger partial charge on any atom is 0.261 e. The van der Waals surface area contributed by atoms with Crippen LogP contribution in [0.1, 0.15) is 20.7 Å². The summed E-state index contributed by atoms with van der Waals surface area (Å²) < 4.78 is 0. The number of hydrogen-bond donors (Lipinski definition) is 2. The number of nitrogens with one attached hydrogen (secondary N) is 1. The zero-order valence-electron chi connectivity index (χ0n) is 11.1. The van der Waals surface area contributed by atoms with E-state index in [2.05, 4.69) is 10.3 Å². The summed E-state index contributed by atoms with van der Waals surface area (Å²) in [5.74, 6) is -0.198. The Morgan fingerprint density at radius 2 is 1.90 bits per heavy atom. The predicted molar refractivity (Wildman–Crippen MR) is 79.8 cm³/mol. The minimum atomic E-state index is -0.324. The second-order valence-electron chi connectivity index (χ2n) is 4.65. The van der Waals surface area contributed by atoms with Crippen LogP contribution in [0.3, 0.4) is 0 Å². The van der Waals surface area contributed by atoms with E-state index in [9.17, 15) is 9.59 Å². The summed E-state index contributed by atoms with van der Waals surface area (Å²) in [7, 11) is 1.45. The third-order valence-electron chi connectivity index (χ3n) is 3.21. The number of fused-ring (bicyclic) bond motifs is 1. The molecule has 0 spiro atoms. The van der Waals surface area contributed by atoms with Crippen molar-refractivity contribution in [2.24, 2.45) is 0 Å². The van der Waals surface area contributed by atoms with E-state index in [1.54, 1.807) is 24.3 Å². The van der Waals surface area contributed by atoms with Gasteiger partial charge < -0.3 is 11.1 Å². The van der Waals surface area contributed by atoms with E-state index in [1.807, 2.05) is 0 Å². The number of nitrogens with two attached hydrogens (primary N) is 1. The van der Waals surface area contributed by atoms with E-state index in [0.29, 0.717) is 33.3 Å². The number of benzene rings is 1. The highest BCUT2D eigenvalue weighted by molar-refractivity contribution is 6.33. The molecule has 7 heteroatoms. The first kappa shape index (κ1) is 13.4. The predicted octanol–water partition coefficient (Wildman–Crippen LogP) is 2.29. The van der Waals surface area contributed by atoms with Crippen LogP contribution >= 0.6 is 11.6 Å². The van der Waals surface area contributed by atoms with Crippen molar-refractivity contribution in [3.05, 3.63) is 46.6 Å². The number of pyridine rings is 1. The number of carbonyl (C=O) groups excluding carboxylic acids is 2. The fourth-order valence-electron chi connectivity index (χ4n) is 2.12. The number of amides is 2. The molecular weight excluding hydrogens is 292 g/mol. The van der Waals surface area contributed by atoms with Crippen molar-refractivity contribution < 1.29 is 9.59 Å². The van der Waals surface area contributed by atoms with Crippen LogP contribution in [-0.2, 0) is 0 Å². The van der Waals surface area contributed by atoms with Crippen LogP contribution in [0.15, 0.2) is 30.5 Å². The van der Waals surface area contributed by atoms with E-state index in [4.69, 9.17) is 17.3 Å². The van der Waals surface area contributed by atoms with E-state index < -0.39 is 0 Å². The van der Waals surface area contributed by atoms with Gasteiger partial charge in [-0.1, -0.05) is 11.6 Å². The topological polar surface area (TPSA) is 88.3 Å². The number of anilines is 3. The van der Waals surface area contributed by atoms with Gasteiger partial charge in [0.2, 0.25) is 0 Å². The van der Waals surface area contributed by atoms with Crippen LogP contribution in [0.25, 0.3) is 0 Å². The molecule has 1 aromatic carbocycles. The second kappa shape index (κ2) is 4.75. The number of imide groups is 1. The highest BCUT2D eigenvalue weighted by Crippen LogP contribution is 2.28. The Morgan fingerprint density at radius 1 is 1.19 bits per heavy atom. The Labute approximate surface area is 125 Å². The second-order valence-corrected chi connectivity index (χ2v) is 5.06. The molecule has 2 amide bonds. The fourth-order valence-corrected chi connectivity index (χ4v) is 2.34. The first-order chi connectivity index (χ1) is 9.97. The first-order valence-corrected chi connectivity index (χ1v) is 6.49. The minimum absolute atomic E-state index is 0.301. The molecule has 1 aromatic heterocycles. The lowest BCUT2D eigenvalue weighted by atomic mass is 10.1. The number of nitrogens with zero attached hydrogens (tertiary/aromatic N) is 2. The molecule has 0 fully saturated rings. The van der Waals surface area contributed by atoms with Gasteiger partial charge in [-0.2, -0.15) is 0 Å². The van der Waals surface area contributed by atoms with Gasteiger partial charge in [0.1, 0.15) is 5.82 Å². The van der Waals surface area contributed by atoms with E-state index in [1.165, 1.54) is 13.2 Å². The molecule has 21 heavy (non-hydrogen) atoms. The van der Waals surface area contributed by atoms with Crippen molar-refractivity contribution in [2.75, 3.05) is 18.1 Å². The summed E-state index contributed by atoms with van der Waals surface area (Å²) in [5, 5.41) is 3.37. The molecule has 3 N–H and O–H groups in total. The van der Waals surface area contributed by atoms with Gasteiger partial charge >= 0.3 is 0 Å². The third kappa shape index (κ3) is 2.19. The molecule has 0 bridgehead atoms. The number of nitrogen functional groups attached to an aromatic ring is 1. The molecule has 2 aromatic rings. The summed E-state index contributed by atoms with van der Waals surface area (Å²) in [6, 6.07) is 6.48. The van der Waals surface area contributed by atoms with Crippen molar-refractivity contribution in [3.8, 4) is 0 Å². The van der Waals surface area contributed by atoms with E-state index in [-0.39, 0.29) is 11.8 Å². The summed E-state index contributed by atoms with van der Waals surface area (Å²) in [6.07, 6.45) is 1.48. The molecule has 6 nitrogen and oxygen atoms in total. The van der Waals surface area contributed by atoms with Crippen molar-refractivity contribution in [1.29, 1.82) is 0 Å². The van der Waals surface area contributed by atoms with Crippen LogP contribution in [0.4, 0.5) is 17.2 Å². The van der Waals surface area contributed by atoms with Gasteiger partial charge in [-0.3, -0.25) is 14.5 Å². The van der Waals surface area contributed by atoms with Gasteiger partial charge in [0.15, 0.2) is 0 Å².